The Labute approximate surface area is 208 Å². The molecule has 0 saturated carbocycles. The Kier molecular flexibility index (Phi) is 8.72. The fourth-order valence-corrected chi connectivity index (χ4v) is 4.36. The van der Waals surface area contributed by atoms with Gasteiger partial charge in [0.1, 0.15) is 0 Å². The Bertz CT molecular complexity index is 981. The molecule has 2 atom stereocenters. The summed E-state index contributed by atoms with van der Waals surface area (Å²) in [6.45, 7) is 7.31. The number of aryl methyl sites for hydroxylation is 2. The van der Waals surface area contributed by atoms with Gasteiger partial charge in [-0.15, -0.1) is 24.0 Å². The summed E-state index contributed by atoms with van der Waals surface area (Å²) in [7, 11) is 1.88. The van der Waals surface area contributed by atoms with Gasteiger partial charge in [0.15, 0.2) is 5.96 Å². The van der Waals surface area contributed by atoms with E-state index < -0.39 is 0 Å². The molecule has 1 N–H and O–H groups in total. The molecule has 1 aliphatic heterocycles. The van der Waals surface area contributed by atoms with Gasteiger partial charge in [0.2, 0.25) is 0 Å². The largest absolute Gasteiger partial charge is 0.356 e. The van der Waals surface area contributed by atoms with Crippen molar-refractivity contribution in [3.05, 3.63) is 66.5 Å². The van der Waals surface area contributed by atoms with Crippen molar-refractivity contribution >= 4 is 29.9 Å². The Morgan fingerprint density at radius 2 is 2.06 bits per heavy atom. The van der Waals surface area contributed by atoms with Crippen molar-refractivity contribution in [1.29, 1.82) is 0 Å². The van der Waals surface area contributed by atoms with Gasteiger partial charge < -0.3 is 14.8 Å². The van der Waals surface area contributed by atoms with Gasteiger partial charge in [-0.2, -0.15) is 5.10 Å². The molecular weight excluding hydrogens is 513 g/mol. The maximum Gasteiger partial charge on any atom is 0.193 e. The zero-order valence-corrected chi connectivity index (χ0v) is 21.5. The first kappa shape index (κ1) is 24.3. The molecule has 1 fully saturated rings. The molecule has 32 heavy (non-hydrogen) atoms. The number of nitrogens with one attached hydrogen (secondary N) is 1. The number of piperidine rings is 1. The average Bonchev–Trinajstić information content (AvgIpc) is 3.45. The van der Waals surface area contributed by atoms with E-state index in [0.717, 1.165) is 56.2 Å². The van der Waals surface area contributed by atoms with Crippen LogP contribution in [0.2, 0.25) is 0 Å². The van der Waals surface area contributed by atoms with Crippen LogP contribution in [-0.2, 0) is 6.42 Å². The molecule has 3 aromatic rings. The molecule has 172 valence electrons. The molecule has 0 radical (unpaired) electrons. The molecule has 0 aliphatic carbocycles. The van der Waals surface area contributed by atoms with E-state index in [9.17, 15) is 0 Å². The lowest BCUT2D eigenvalue weighted by Gasteiger charge is -2.39. The SMILES string of the molecule is CN=C(NCCCc1cn(-c2ccccc2)nc1C)N1CCC(C)C(n2ccnc2)C1.I. The van der Waals surface area contributed by atoms with Crippen molar-refractivity contribution in [2.45, 2.75) is 39.2 Å². The van der Waals surface area contributed by atoms with Crippen LogP contribution in [0.1, 0.15) is 37.1 Å². The van der Waals surface area contributed by atoms with Crippen molar-refractivity contribution in [2.24, 2.45) is 10.9 Å². The number of imidazole rings is 1. The lowest BCUT2D eigenvalue weighted by Crippen LogP contribution is -2.49. The lowest BCUT2D eigenvalue weighted by atomic mass is 9.93. The third-order valence-electron chi connectivity index (χ3n) is 6.27. The number of likely N-dealkylation sites (tertiary alicyclic amines) is 1. The first-order valence-corrected chi connectivity index (χ1v) is 11.2. The van der Waals surface area contributed by atoms with E-state index >= 15 is 0 Å². The average molecular weight is 547 g/mol. The van der Waals surface area contributed by atoms with Crippen LogP contribution in [0.3, 0.4) is 0 Å². The quantitative estimate of drug-likeness (QED) is 0.219. The summed E-state index contributed by atoms with van der Waals surface area (Å²) < 4.78 is 4.21. The van der Waals surface area contributed by atoms with E-state index in [-0.39, 0.29) is 24.0 Å². The number of aliphatic imine (C=N–C) groups is 1. The van der Waals surface area contributed by atoms with Crippen LogP contribution in [0.4, 0.5) is 0 Å². The summed E-state index contributed by atoms with van der Waals surface area (Å²) in [6.07, 6.45) is 11.2. The maximum atomic E-state index is 4.68. The van der Waals surface area contributed by atoms with Gasteiger partial charge in [-0.3, -0.25) is 4.99 Å². The minimum Gasteiger partial charge on any atom is -0.356 e. The van der Waals surface area contributed by atoms with Crippen LogP contribution >= 0.6 is 24.0 Å². The molecule has 4 rings (SSSR count). The molecule has 7 nitrogen and oxygen atoms in total. The molecule has 0 amide bonds. The molecule has 8 heteroatoms. The van der Waals surface area contributed by atoms with Gasteiger partial charge in [0.25, 0.3) is 0 Å². The molecule has 2 aromatic heterocycles. The molecule has 0 bridgehead atoms. The highest BCUT2D eigenvalue weighted by Crippen LogP contribution is 2.27. The number of benzene rings is 1. The van der Waals surface area contributed by atoms with Crippen LogP contribution in [0.25, 0.3) is 5.69 Å². The second-order valence-electron chi connectivity index (χ2n) is 8.39. The normalized spacial score (nSPS) is 19.0. The highest BCUT2D eigenvalue weighted by molar-refractivity contribution is 14.0. The number of nitrogens with zero attached hydrogens (tertiary/aromatic N) is 6. The second-order valence-corrected chi connectivity index (χ2v) is 8.39. The Balaban J connectivity index is 0.00000289. The summed E-state index contributed by atoms with van der Waals surface area (Å²) in [5.74, 6) is 1.63. The molecule has 1 saturated heterocycles. The van der Waals surface area contributed by atoms with Crippen LogP contribution in [-0.4, -0.2) is 56.9 Å². The van der Waals surface area contributed by atoms with Crippen molar-refractivity contribution in [3.63, 3.8) is 0 Å². The number of rotatable bonds is 6. The van der Waals surface area contributed by atoms with Crippen LogP contribution < -0.4 is 5.32 Å². The molecule has 3 heterocycles. The van der Waals surface area contributed by atoms with Crippen LogP contribution in [0, 0.1) is 12.8 Å². The zero-order chi connectivity index (χ0) is 21.6. The van der Waals surface area contributed by atoms with E-state index in [1.165, 1.54) is 5.56 Å². The van der Waals surface area contributed by atoms with E-state index in [4.69, 9.17) is 0 Å². The summed E-state index contributed by atoms with van der Waals surface area (Å²) in [5, 5.41) is 8.25. The first-order valence-electron chi connectivity index (χ1n) is 11.2. The van der Waals surface area contributed by atoms with Gasteiger partial charge in [0, 0.05) is 45.3 Å². The van der Waals surface area contributed by atoms with E-state index in [1.807, 2.05) is 42.5 Å². The Morgan fingerprint density at radius 3 is 2.78 bits per heavy atom. The molecule has 2 unspecified atom stereocenters. The van der Waals surface area contributed by atoms with Crippen molar-refractivity contribution in [3.8, 4) is 5.69 Å². The van der Waals surface area contributed by atoms with Crippen molar-refractivity contribution in [2.75, 3.05) is 26.7 Å². The van der Waals surface area contributed by atoms with Crippen molar-refractivity contribution in [1.82, 2.24) is 29.5 Å². The summed E-state index contributed by atoms with van der Waals surface area (Å²) in [4.78, 5) is 11.2. The summed E-state index contributed by atoms with van der Waals surface area (Å²) >= 11 is 0. The first-order chi connectivity index (χ1) is 15.2. The number of guanidine groups is 1. The number of hydrogen-bond donors (Lipinski definition) is 1. The van der Waals surface area contributed by atoms with Gasteiger partial charge >= 0.3 is 0 Å². The summed E-state index contributed by atoms with van der Waals surface area (Å²) in [6, 6.07) is 10.7. The predicted octanol–water partition coefficient (Wildman–Crippen LogP) is 4.09. The zero-order valence-electron chi connectivity index (χ0n) is 19.2. The van der Waals surface area contributed by atoms with Gasteiger partial charge in [-0.05, 0) is 49.8 Å². The molecule has 0 spiro atoms. The number of aromatic nitrogens is 4. The van der Waals surface area contributed by atoms with Gasteiger partial charge in [-0.25, -0.2) is 9.67 Å². The highest BCUT2D eigenvalue weighted by atomic mass is 127. The number of hydrogen-bond acceptors (Lipinski definition) is 3. The van der Waals surface area contributed by atoms with Crippen LogP contribution in [0.5, 0.6) is 0 Å². The minimum absolute atomic E-state index is 0. The summed E-state index contributed by atoms with van der Waals surface area (Å²) in [5.41, 5.74) is 3.50. The minimum atomic E-state index is 0. The maximum absolute atomic E-state index is 4.68. The Morgan fingerprint density at radius 1 is 1.25 bits per heavy atom. The second kappa shape index (κ2) is 11.5. The smallest absolute Gasteiger partial charge is 0.193 e. The monoisotopic (exact) mass is 547 g/mol. The van der Waals surface area contributed by atoms with Crippen LogP contribution in [0.15, 0.2) is 60.2 Å². The van der Waals surface area contributed by atoms with Crippen molar-refractivity contribution < 1.29 is 0 Å². The standard InChI is InChI=1S/C24H33N7.HI/c1-19-11-14-29(17-23(19)30-15-13-26-18-30)24(25-3)27-12-7-8-21-16-31(28-20(21)2)22-9-5-4-6-10-22;/h4-6,9-10,13,15-16,18-19,23H,7-8,11-12,14,17H2,1-3H3,(H,25,27);1H. The topological polar surface area (TPSA) is 63.3 Å². The van der Waals surface area contributed by atoms with E-state index in [1.54, 1.807) is 0 Å². The lowest BCUT2D eigenvalue weighted by molar-refractivity contribution is 0.189. The van der Waals surface area contributed by atoms with E-state index in [0.29, 0.717) is 12.0 Å². The highest BCUT2D eigenvalue weighted by Gasteiger charge is 2.28. The number of para-hydroxylation sites is 1. The van der Waals surface area contributed by atoms with E-state index in [2.05, 4.69) is 68.2 Å². The molecular formula is C24H34IN7. The fourth-order valence-electron chi connectivity index (χ4n) is 4.36. The predicted molar refractivity (Wildman–Crippen MR) is 140 cm³/mol. The third kappa shape index (κ3) is 5.70. The van der Waals surface area contributed by atoms with Gasteiger partial charge in [0.05, 0.1) is 23.8 Å². The third-order valence-corrected chi connectivity index (χ3v) is 6.27. The molecule has 1 aromatic carbocycles. The van der Waals surface area contributed by atoms with Gasteiger partial charge in [-0.1, -0.05) is 25.1 Å². The Hall–Kier alpha value is -2.36. The molecule has 1 aliphatic rings. The fraction of sp³-hybridized carbons (Fsp3) is 0.458. The number of halogens is 1.